The molecule has 0 spiro atoms. The van der Waals surface area contributed by atoms with Gasteiger partial charge in [-0.1, -0.05) is 0 Å². The molecule has 0 heterocycles. The monoisotopic (exact) mass is 357 g/mol. The Kier molecular flexibility index (Phi) is 8.76. The van der Waals surface area contributed by atoms with E-state index in [1.54, 1.807) is 0 Å². The predicted molar refractivity (Wildman–Crippen MR) is 35.2 cm³/mol. The van der Waals surface area contributed by atoms with Crippen molar-refractivity contribution >= 4 is 18.5 Å². The van der Waals surface area contributed by atoms with E-state index in [0.717, 1.165) is 0 Å². The van der Waals surface area contributed by atoms with Gasteiger partial charge >= 0.3 is 53.4 Å². The maximum atomic E-state index is 5.56. The Bertz CT molecular complexity index is 61.8. The molecule has 0 saturated heterocycles. The zero-order chi connectivity index (χ0) is 6.62. The standard InChI is InChI=1S/C3H10ClO3P.Au/c1-5-8(4,6-2)7-3;/h8H,1-3H3;. The maximum absolute atomic E-state index is 5.56. The Labute approximate surface area is 75.9 Å². The van der Waals surface area contributed by atoms with E-state index in [1.165, 1.54) is 21.3 Å². The molecule has 9 heavy (non-hydrogen) atoms. The van der Waals surface area contributed by atoms with Crippen LogP contribution in [0.25, 0.3) is 0 Å². The average Bonchev–Trinajstić information content (AvgIpc) is 1.87. The summed E-state index contributed by atoms with van der Waals surface area (Å²) in [4.78, 5) is 0. The molecule has 0 aliphatic heterocycles. The minimum absolute atomic E-state index is 0. The summed E-state index contributed by atoms with van der Waals surface area (Å²) in [6, 6.07) is 0. The van der Waals surface area contributed by atoms with Gasteiger partial charge in [-0.15, -0.1) is 0 Å². The number of halogens is 1. The van der Waals surface area contributed by atoms with Crippen molar-refractivity contribution in [1.82, 2.24) is 0 Å². The summed E-state index contributed by atoms with van der Waals surface area (Å²) >= 11 is 5.56. The fourth-order valence-electron chi connectivity index (χ4n) is 0.250. The van der Waals surface area contributed by atoms with Gasteiger partial charge in [-0.05, 0) is 0 Å². The molecule has 0 aliphatic carbocycles. The summed E-state index contributed by atoms with van der Waals surface area (Å²) in [5, 5.41) is 0. The quantitative estimate of drug-likeness (QED) is 0.567. The van der Waals surface area contributed by atoms with Crippen LogP contribution in [0.1, 0.15) is 0 Å². The van der Waals surface area contributed by atoms with Gasteiger partial charge in [0.25, 0.3) is 0 Å². The Morgan fingerprint density at radius 2 is 1.22 bits per heavy atom. The van der Waals surface area contributed by atoms with Crippen LogP contribution < -0.4 is 0 Å². The third-order valence-electron chi connectivity index (χ3n) is 0.731. The molecule has 0 aromatic rings. The van der Waals surface area contributed by atoms with E-state index in [4.69, 9.17) is 24.8 Å². The molecule has 0 saturated carbocycles. The second-order valence-electron chi connectivity index (χ2n) is 1.09. The van der Waals surface area contributed by atoms with Crippen molar-refractivity contribution < 1.29 is 36.0 Å². The number of hydrogen-bond donors (Lipinski definition) is 0. The summed E-state index contributed by atoms with van der Waals surface area (Å²) in [6.45, 7) is 0. The molecule has 0 aromatic carbocycles. The van der Waals surface area contributed by atoms with Gasteiger partial charge in [0.15, 0.2) is 0 Å². The van der Waals surface area contributed by atoms with Gasteiger partial charge in [0.1, 0.15) is 0 Å². The molecule has 0 fully saturated rings. The van der Waals surface area contributed by atoms with Crippen LogP contribution in [-0.4, -0.2) is 21.3 Å². The van der Waals surface area contributed by atoms with Crippen molar-refractivity contribution in [3.05, 3.63) is 0 Å². The average molecular weight is 358 g/mol. The number of hydrogen-bond acceptors (Lipinski definition) is 3. The van der Waals surface area contributed by atoms with Crippen LogP contribution in [0.3, 0.4) is 0 Å². The van der Waals surface area contributed by atoms with E-state index in [1.807, 2.05) is 0 Å². The Hall–Kier alpha value is 1.34. The first kappa shape index (κ1) is 13.0. The molecular formula is C3H10AuClO3P. The van der Waals surface area contributed by atoms with Crippen LogP contribution in [0.15, 0.2) is 0 Å². The molecule has 63 valence electrons. The van der Waals surface area contributed by atoms with E-state index >= 15 is 0 Å². The molecule has 0 aliphatic rings. The molecule has 0 amide bonds. The maximum Gasteiger partial charge on any atom is 0 e. The molecule has 0 unspecified atom stereocenters. The van der Waals surface area contributed by atoms with Crippen LogP contribution in [0.4, 0.5) is 0 Å². The molecule has 0 aromatic heterocycles. The van der Waals surface area contributed by atoms with Crippen molar-refractivity contribution in [3.8, 4) is 0 Å². The third kappa shape index (κ3) is 4.71. The zero-order valence-electron chi connectivity index (χ0n) is 5.40. The van der Waals surface area contributed by atoms with Crippen molar-refractivity contribution in [2.45, 2.75) is 0 Å². The van der Waals surface area contributed by atoms with E-state index in [-0.39, 0.29) is 22.4 Å². The van der Waals surface area contributed by atoms with E-state index in [2.05, 4.69) is 0 Å². The van der Waals surface area contributed by atoms with Crippen molar-refractivity contribution in [1.29, 1.82) is 0 Å². The first-order valence-electron chi connectivity index (χ1n) is 2.03. The van der Waals surface area contributed by atoms with Crippen molar-refractivity contribution in [2.24, 2.45) is 0 Å². The summed E-state index contributed by atoms with van der Waals surface area (Å²) in [5.41, 5.74) is 0. The molecule has 0 rings (SSSR count). The minimum Gasteiger partial charge on any atom is 0 e. The fraction of sp³-hybridized carbons (Fsp3) is 1.00. The predicted octanol–water partition coefficient (Wildman–Crippen LogP) is 1.57. The van der Waals surface area contributed by atoms with Gasteiger partial charge in [-0.3, -0.25) is 0 Å². The normalized spacial score (nSPS) is 12.4. The summed E-state index contributed by atoms with van der Waals surface area (Å²) in [7, 11) is 1.65. The molecule has 0 bridgehead atoms. The molecule has 0 atom stereocenters. The first-order valence-corrected chi connectivity index (χ1v) is 4.76. The van der Waals surface area contributed by atoms with E-state index in [0.29, 0.717) is 0 Å². The van der Waals surface area contributed by atoms with Crippen molar-refractivity contribution in [2.75, 3.05) is 21.3 Å². The van der Waals surface area contributed by atoms with Crippen LogP contribution in [0, 0.1) is 0 Å². The topological polar surface area (TPSA) is 27.7 Å². The third-order valence-corrected chi connectivity index (χ3v) is 3.58. The molecule has 6 heteroatoms. The minimum atomic E-state index is -2.70. The zero-order valence-corrected chi connectivity index (χ0v) is 9.33. The smallest absolute Gasteiger partial charge is 0 e. The van der Waals surface area contributed by atoms with Crippen LogP contribution in [-0.2, 0) is 36.0 Å². The molecule has 3 nitrogen and oxygen atoms in total. The van der Waals surface area contributed by atoms with Crippen LogP contribution in [0.5, 0.6) is 0 Å². The molecule has 1 radical (unpaired) electrons. The van der Waals surface area contributed by atoms with E-state index in [9.17, 15) is 0 Å². The first-order chi connectivity index (χ1) is 3.68. The Morgan fingerprint density at radius 3 is 1.22 bits per heavy atom. The van der Waals surface area contributed by atoms with Gasteiger partial charge in [0.2, 0.25) is 0 Å². The fourth-order valence-corrected chi connectivity index (χ4v) is 0.750. The Balaban J connectivity index is 0. The largest absolute Gasteiger partial charge is 0 e. The van der Waals surface area contributed by atoms with Gasteiger partial charge in [0, 0.05) is 22.4 Å². The Morgan fingerprint density at radius 1 is 1.00 bits per heavy atom. The van der Waals surface area contributed by atoms with Gasteiger partial charge in [-0.2, -0.15) is 0 Å². The summed E-state index contributed by atoms with van der Waals surface area (Å²) in [5.74, 6) is 0. The van der Waals surface area contributed by atoms with Crippen LogP contribution >= 0.6 is 18.5 Å². The summed E-state index contributed by atoms with van der Waals surface area (Å²) in [6.07, 6.45) is 0. The molecule has 0 N–H and O–H groups in total. The van der Waals surface area contributed by atoms with E-state index < -0.39 is 7.30 Å². The van der Waals surface area contributed by atoms with Crippen molar-refractivity contribution in [3.63, 3.8) is 0 Å². The van der Waals surface area contributed by atoms with Gasteiger partial charge in [0.05, 0.1) is 0 Å². The second-order valence-corrected chi connectivity index (χ2v) is 4.67. The second kappa shape index (κ2) is 6.08. The van der Waals surface area contributed by atoms with Gasteiger partial charge < -0.3 is 0 Å². The SMILES string of the molecule is CO[PH](Cl)(OC)OC.[Au]. The van der Waals surface area contributed by atoms with Gasteiger partial charge in [-0.25, -0.2) is 0 Å². The molecular weight excluding hydrogens is 347 g/mol. The van der Waals surface area contributed by atoms with Crippen LogP contribution in [0.2, 0.25) is 0 Å². The number of rotatable bonds is 3. The summed E-state index contributed by atoms with van der Waals surface area (Å²) < 4.78 is 14.1.